The van der Waals surface area contributed by atoms with Crippen LogP contribution in [0.25, 0.3) is 0 Å². The van der Waals surface area contributed by atoms with Crippen molar-refractivity contribution in [3.8, 4) is 0 Å². The van der Waals surface area contributed by atoms with E-state index in [4.69, 9.17) is 0 Å². The fraction of sp³-hybridized carbons (Fsp3) is 0.333. The van der Waals surface area contributed by atoms with Gasteiger partial charge in [0.1, 0.15) is 5.82 Å². The van der Waals surface area contributed by atoms with Gasteiger partial charge in [-0.2, -0.15) is 0 Å². The molecule has 1 aromatic heterocycles. The number of carbonyl (C=O) groups is 1. The van der Waals surface area contributed by atoms with E-state index < -0.39 is 0 Å². The van der Waals surface area contributed by atoms with Gasteiger partial charge >= 0.3 is 0 Å². The molecule has 1 heterocycles. The SMILES string of the molecule is CC(C)(CNC(=O)CCc1ccncc1)c1cccc(F)c1. The van der Waals surface area contributed by atoms with Crippen LogP contribution in [-0.2, 0) is 16.6 Å². The number of halogens is 1. The highest BCUT2D eigenvalue weighted by Gasteiger charge is 2.21. The predicted octanol–water partition coefficient (Wildman–Crippen LogP) is 3.25. The predicted molar refractivity (Wildman–Crippen MR) is 85.0 cm³/mol. The van der Waals surface area contributed by atoms with Gasteiger partial charge in [-0.05, 0) is 41.8 Å². The number of hydrogen-bond donors (Lipinski definition) is 1. The second-order valence-corrected chi connectivity index (χ2v) is 6.03. The molecule has 2 rings (SSSR count). The van der Waals surface area contributed by atoms with E-state index in [2.05, 4.69) is 10.3 Å². The van der Waals surface area contributed by atoms with E-state index in [0.29, 0.717) is 19.4 Å². The maximum Gasteiger partial charge on any atom is 0.220 e. The van der Waals surface area contributed by atoms with Crippen molar-refractivity contribution in [1.29, 1.82) is 0 Å². The number of amides is 1. The smallest absolute Gasteiger partial charge is 0.220 e. The van der Waals surface area contributed by atoms with Crippen LogP contribution < -0.4 is 5.32 Å². The summed E-state index contributed by atoms with van der Waals surface area (Å²) in [6.45, 7) is 4.46. The highest BCUT2D eigenvalue weighted by molar-refractivity contribution is 5.76. The van der Waals surface area contributed by atoms with Crippen LogP contribution in [0.4, 0.5) is 4.39 Å². The van der Waals surface area contributed by atoms with E-state index >= 15 is 0 Å². The van der Waals surface area contributed by atoms with Crippen molar-refractivity contribution < 1.29 is 9.18 Å². The number of benzene rings is 1. The van der Waals surface area contributed by atoms with Gasteiger partial charge in [0.05, 0.1) is 0 Å². The van der Waals surface area contributed by atoms with Gasteiger partial charge in [0.25, 0.3) is 0 Å². The molecule has 0 aliphatic rings. The van der Waals surface area contributed by atoms with Gasteiger partial charge < -0.3 is 5.32 Å². The Balaban J connectivity index is 1.85. The monoisotopic (exact) mass is 300 g/mol. The van der Waals surface area contributed by atoms with Crippen LogP contribution in [0.3, 0.4) is 0 Å². The van der Waals surface area contributed by atoms with Gasteiger partial charge in [-0.25, -0.2) is 4.39 Å². The first kappa shape index (κ1) is 16.1. The van der Waals surface area contributed by atoms with Gasteiger partial charge in [0.15, 0.2) is 0 Å². The summed E-state index contributed by atoms with van der Waals surface area (Å²) in [7, 11) is 0. The quantitative estimate of drug-likeness (QED) is 0.890. The Morgan fingerprint density at radius 1 is 1.23 bits per heavy atom. The van der Waals surface area contributed by atoms with Gasteiger partial charge in [0.2, 0.25) is 5.91 Å². The number of carbonyl (C=O) groups excluding carboxylic acids is 1. The van der Waals surface area contributed by atoms with Gasteiger partial charge in [-0.15, -0.1) is 0 Å². The van der Waals surface area contributed by atoms with E-state index in [1.165, 1.54) is 12.1 Å². The lowest BCUT2D eigenvalue weighted by Gasteiger charge is -2.25. The van der Waals surface area contributed by atoms with Crippen molar-refractivity contribution in [2.24, 2.45) is 0 Å². The molecule has 116 valence electrons. The molecule has 4 heteroatoms. The molecule has 0 radical (unpaired) electrons. The Bertz CT molecular complexity index is 626. The highest BCUT2D eigenvalue weighted by atomic mass is 19.1. The Morgan fingerprint density at radius 2 is 1.95 bits per heavy atom. The first-order valence-electron chi connectivity index (χ1n) is 7.39. The lowest BCUT2D eigenvalue weighted by atomic mass is 9.84. The van der Waals surface area contributed by atoms with Gasteiger partial charge in [0, 0.05) is 30.8 Å². The number of hydrogen-bond acceptors (Lipinski definition) is 2. The molecule has 0 bridgehead atoms. The van der Waals surface area contributed by atoms with Crippen LogP contribution in [0.2, 0.25) is 0 Å². The van der Waals surface area contributed by atoms with E-state index in [0.717, 1.165) is 11.1 Å². The van der Waals surface area contributed by atoms with E-state index in [-0.39, 0.29) is 17.1 Å². The second-order valence-electron chi connectivity index (χ2n) is 6.03. The Hall–Kier alpha value is -2.23. The van der Waals surface area contributed by atoms with Gasteiger partial charge in [-0.3, -0.25) is 9.78 Å². The maximum absolute atomic E-state index is 13.3. The number of aromatic nitrogens is 1. The molecule has 0 aliphatic carbocycles. The molecule has 1 aromatic carbocycles. The third-order valence-corrected chi connectivity index (χ3v) is 3.72. The number of pyridine rings is 1. The molecule has 22 heavy (non-hydrogen) atoms. The fourth-order valence-electron chi connectivity index (χ4n) is 2.23. The van der Waals surface area contributed by atoms with Crippen LogP contribution in [0.1, 0.15) is 31.4 Å². The third kappa shape index (κ3) is 4.65. The Labute approximate surface area is 130 Å². The zero-order valence-electron chi connectivity index (χ0n) is 13.0. The third-order valence-electron chi connectivity index (χ3n) is 3.72. The van der Waals surface area contributed by atoms with Crippen molar-refractivity contribution in [2.75, 3.05) is 6.54 Å². The minimum atomic E-state index is -0.311. The standard InChI is InChI=1S/C18H21FN2O/c1-18(2,15-4-3-5-16(19)12-15)13-21-17(22)7-6-14-8-10-20-11-9-14/h3-5,8-12H,6-7,13H2,1-2H3,(H,21,22). The fourth-order valence-corrected chi connectivity index (χ4v) is 2.23. The summed E-state index contributed by atoms with van der Waals surface area (Å²) >= 11 is 0. The van der Waals surface area contributed by atoms with Crippen molar-refractivity contribution in [3.05, 3.63) is 65.7 Å². The molecular weight excluding hydrogens is 279 g/mol. The molecular formula is C18H21FN2O. The van der Waals surface area contributed by atoms with Crippen molar-refractivity contribution in [3.63, 3.8) is 0 Å². The molecule has 1 amide bonds. The molecule has 0 saturated heterocycles. The Kier molecular flexibility index (Phi) is 5.26. The van der Waals surface area contributed by atoms with Crippen LogP contribution in [0.5, 0.6) is 0 Å². The van der Waals surface area contributed by atoms with Crippen molar-refractivity contribution >= 4 is 5.91 Å². The normalized spacial score (nSPS) is 11.2. The van der Waals surface area contributed by atoms with Crippen LogP contribution in [-0.4, -0.2) is 17.4 Å². The number of aryl methyl sites for hydroxylation is 1. The zero-order valence-corrected chi connectivity index (χ0v) is 13.0. The second kappa shape index (κ2) is 7.16. The number of nitrogens with zero attached hydrogens (tertiary/aromatic N) is 1. The molecule has 1 N–H and O–H groups in total. The maximum atomic E-state index is 13.3. The number of nitrogens with one attached hydrogen (secondary N) is 1. The van der Waals surface area contributed by atoms with Crippen molar-refractivity contribution in [1.82, 2.24) is 10.3 Å². The van der Waals surface area contributed by atoms with Crippen LogP contribution >= 0.6 is 0 Å². The minimum absolute atomic E-state index is 0.00119. The highest BCUT2D eigenvalue weighted by Crippen LogP contribution is 2.22. The van der Waals surface area contributed by atoms with Crippen molar-refractivity contribution in [2.45, 2.75) is 32.1 Å². The summed E-state index contributed by atoms with van der Waals surface area (Å²) in [5, 5.41) is 2.93. The zero-order chi connectivity index (χ0) is 16.0. The molecule has 0 unspecified atom stereocenters. The largest absolute Gasteiger partial charge is 0.355 e. The Morgan fingerprint density at radius 3 is 2.64 bits per heavy atom. The van der Waals surface area contributed by atoms with Crippen LogP contribution in [0.15, 0.2) is 48.8 Å². The molecule has 0 spiro atoms. The topological polar surface area (TPSA) is 42.0 Å². The molecule has 0 atom stereocenters. The first-order valence-corrected chi connectivity index (χ1v) is 7.39. The summed E-state index contributed by atoms with van der Waals surface area (Å²) in [5.74, 6) is -0.254. The average Bonchev–Trinajstić information content (AvgIpc) is 2.52. The first-order chi connectivity index (χ1) is 10.5. The molecule has 0 aliphatic heterocycles. The molecule has 3 nitrogen and oxygen atoms in total. The average molecular weight is 300 g/mol. The summed E-state index contributed by atoms with van der Waals surface area (Å²) in [6.07, 6.45) is 4.57. The van der Waals surface area contributed by atoms with Crippen LogP contribution in [0, 0.1) is 5.82 Å². The van der Waals surface area contributed by atoms with Gasteiger partial charge in [-0.1, -0.05) is 26.0 Å². The van der Waals surface area contributed by atoms with E-state index in [1.54, 1.807) is 18.5 Å². The minimum Gasteiger partial charge on any atom is -0.355 e. The summed E-state index contributed by atoms with van der Waals surface area (Å²) in [4.78, 5) is 15.9. The molecule has 0 fully saturated rings. The lowest BCUT2D eigenvalue weighted by Crippen LogP contribution is -2.36. The molecule has 2 aromatic rings. The summed E-state index contributed by atoms with van der Waals surface area (Å²) < 4.78 is 13.3. The molecule has 0 saturated carbocycles. The summed E-state index contributed by atoms with van der Waals surface area (Å²) in [6, 6.07) is 10.3. The summed E-state index contributed by atoms with van der Waals surface area (Å²) in [5.41, 5.74) is 1.66. The number of rotatable bonds is 6. The van der Waals surface area contributed by atoms with E-state index in [1.807, 2.05) is 32.0 Å². The lowest BCUT2D eigenvalue weighted by molar-refractivity contribution is -0.121. The van der Waals surface area contributed by atoms with E-state index in [9.17, 15) is 9.18 Å².